The van der Waals surface area contributed by atoms with Gasteiger partial charge in [0, 0.05) is 5.41 Å². The number of carbonyl (C=O) groups is 1. The van der Waals surface area contributed by atoms with Crippen molar-refractivity contribution >= 4 is 17.3 Å². The zero-order valence-electron chi connectivity index (χ0n) is 10.7. The normalized spacial score (nSPS) is 12.9. The van der Waals surface area contributed by atoms with Crippen molar-refractivity contribution in [1.29, 1.82) is 5.26 Å². The van der Waals surface area contributed by atoms with Gasteiger partial charge in [-0.15, -0.1) is 11.3 Å². The SMILES string of the molecule is Cc1nc(C(C)(C)C)sc1C(=O)O[C@H](C)C#N. The Morgan fingerprint density at radius 1 is 1.53 bits per heavy atom. The third-order valence-electron chi connectivity index (χ3n) is 2.09. The van der Waals surface area contributed by atoms with Crippen LogP contribution in [0.2, 0.25) is 0 Å². The van der Waals surface area contributed by atoms with E-state index in [9.17, 15) is 4.79 Å². The Morgan fingerprint density at radius 2 is 2.12 bits per heavy atom. The van der Waals surface area contributed by atoms with Crippen molar-refractivity contribution in [1.82, 2.24) is 4.98 Å². The highest BCUT2D eigenvalue weighted by Crippen LogP contribution is 2.29. The lowest BCUT2D eigenvalue weighted by Crippen LogP contribution is -2.12. The fraction of sp³-hybridized carbons (Fsp3) is 0.583. The lowest BCUT2D eigenvalue weighted by atomic mass is 9.98. The number of nitriles is 1. The summed E-state index contributed by atoms with van der Waals surface area (Å²) in [7, 11) is 0. The van der Waals surface area contributed by atoms with E-state index in [0.717, 1.165) is 5.01 Å². The Labute approximate surface area is 105 Å². The Hall–Kier alpha value is -1.41. The summed E-state index contributed by atoms with van der Waals surface area (Å²) in [5, 5.41) is 9.49. The van der Waals surface area contributed by atoms with Crippen molar-refractivity contribution in [3.63, 3.8) is 0 Å². The van der Waals surface area contributed by atoms with Crippen molar-refractivity contribution in [2.45, 2.75) is 46.1 Å². The van der Waals surface area contributed by atoms with Crippen molar-refractivity contribution < 1.29 is 9.53 Å². The number of hydrogen-bond donors (Lipinski definition) is 0. The van der Waals surface area contributed by atoms with Crippen LogP contribution in [0.3, 0.4) is 0 Å². The van der Waals surface area contributed by atoms with Gasteiger partial charge in [-0.05, 0) is 13.8 Å². The van der Waals surface area contributed by atoms with Crippen LogP contribution in [0.1, 0.15) is 48.1 Å². The van der Waals surface area contributed by atoms with Crippen LogP contribution >= 0.6 is 11.3 Å². The maximum atomic E-state index is 11.8. The summed E-state index contributed by atoms with van der Waals surface area (Å²) in [5.74, 6) is -0.468. The summed E-state index contributed by atoms with van der Waals surface area (Å²) < 4.78 is 4.96. The van der Waals surface area contributed by atoms with Crippen LogP contribution in [-0.4, -0.2) is 17.1 Å². The minimum Gasteiger partial charge on any atom is -0.443 e. The van der Waals surface area contributed by atoms with Gasteiger partial charge in [0.2, 0.25) is 0 Å². The molecule has 0 aliphatic heterocycles. The molecule has 1 rings (SSSR count). The molecular weight excluding hydrogens is 236 g/mol. The van der Waals surface area contributed by atoms with Gasteiger partial charge in [-0.2, -0.15) is 5.26 Å². The molecule has 0 radical (unpaired) electrons. The molecule has 0 aliphatic carbocycles. The van der Waals surface area contributed by atoms with Crippen LogP contribution in [0.25, 0.3) is 0 Å². The predicted octanol–water partition coefficient (Wildman–Crippen LogP) is 2.82. The third-order valence-corrected chi connectivity index (χ3v) is 3.65. The number of esters is 1. The second-order valence-electron chi connectivity index (χ2n) is 4.86. The molecule has 0 fully saturated rings. The van der Waals surface area contributed by atoms with Crippen LogP contribution in [0, 0.1) is 18.3 Å². The lowest BCUT2D eigenvalue weighted by molar-refractivity contribution is 0.0440. The molecule has 1 heterocycles. The average molecular weight is 252 g/mol. The summed E-state index contributed by atoms with van der Waals surface area (Å²) in [6.07, 6.45) is -0.734. The highest BCUT2D eigenvalue weighted by molar-refractivity contribution is 7.13. The van der Waals surface area contributed by atoms with E-state index < -0.39 is 12.1 Å². The van der Waals surface area contributed by atoms with Gasteiger partial charge in [-0.3, -0.25) is 0 Å². The van der Waals surface area contributed by atoms with Gasteiger partial charge >= 0.3 is 5.97 Å². The minimum absolute atomic E-state index is 0.0885. The average Bonchev–Trinajstić information content (AvgIpc) is 2.59. The third kappa shape index (κ3) is 3.27. The molecule has 0 aromatic carbocycles. The maximum Gasteiger partial charge on any atom is 0.351 e. The van der Waals surface area contributed by atoms with E-state index in [1.807, 2.05) is 26.8 Å². The molecule has 5 heteroatoms. The number of nitrogens with zero attached hydrogens (tertiary/aromatic N) is 2. The largest absolute Gasteiger partial charge is 0.443 e. The molecule has 17 heavy (non-hydrogen) atoms. The van der Waals surface area contributed by atoms with E-state index in [-0.39, 0.29) is 5.41 Å². The molecule has 0 unspecified atom stereocenters. The Morgan fingerprint density at radius 3 is 2.53 bits per heavy atom. The predicted molar refractivity (Wildman–Crippen MR) is 66.0 cm³/mol. The molecule has 0 saturated carbocycles. The monoisotopic (exact) mass is 252 g/mol. The minimum atomic E-state index is -0.734. The topological polar surface area (TPSA) is 63.0 Å². The molecule has 0 bridgehead atoms. The van der Waals surface area contributed by atoms with Crippen LogP contribution in [0.4, 0.5) is 0 Å². The molecule has 1 atom stereocenters. The standard InChI is InChI=1S/C12H16N2O2S/c1-7(6-13)16-10(15)9-8(2)14-11(17-9)12(3,4)5/h7H,1-5H3/t7-/m1/s1. The van der Waals surface area contributed by atoms with E-state index in [1.54, 1.807) is 13.8 Å². The van der Waals surface area contributed by atoms with Crippen molar-refractivity contribution in [3.05, 3.63) is 15.6 Å². The molecule has 0 spiro atoms. The van der Waals surface area contributed by atoms with Gasteiger partial charge in [0.15, 0.2) is 6.10 Å². The summed E-state index contributed by atoms with van der Waals surface area (Å²) >= 11 is 1.33. The first-order valence-electron chi connectivity index (χ1n) is 5.34. The van der Waals surface area contributed by atoms with E-state index in [2.05, 4.69) is 4.98 Å². The van der Waals surface area contributed by atoms with Crippen LogP contribution in [0.15, 0.2) is 0 Å². The Bertz CT molecular complexity index is 466. The molecule has 1 aromatic rings. The summed E-state index contributed by atoms with van der Waals surface area (Å²) in [4.78, 5) is 16.6. The van der Waals surface area contributed by atoms with Gasteiger partial charge in [-0.1, -0.05) is 20.8 Å². The van der Waals surface area contributed by atoms with Gasteiger partial charge in [0.1, 0.15) is 10.9 Å². The zero-order chi connectivity index (χ0) is 13.2. The van der Waals surface area contributed by atoms with Gasteiger partial charge in [-0.25, -0.2) is 9.78 Å². The van der Waals surface area contributed by atoms with E-state index in [0.29, 0.717) is 10.6 Å². The number of carbonyl (C=O) groups excluding carboxylic acids is 1. The fourth-order valence-electron chi connectivity index (χ4n) is 1.15. The molecule has 0 amide bonds. The number of rotatable bonds is 2. The highest BCUT2D eigenvalue weighted by atomic mass is 32.1. The second-order valence-corrected chi connectivity index (χ2v) is 5.86. The van der Waals surface area contributed by atoms with Crippen LogP contribution < -0.4 is 0 Å². The Balaban J connectivity index is 2.97. The highest BCUT2D eigenvalue weighted by Gasteiger charge is 2.24. The van der Waals surface area contributed by atoms with Crippen LogP contribution in [-0.2, 0) is 10.2 Å². The Kier molecular flexibility index (Phi) is 3.89. The first-order valence-corrected chi connectivity index (χ1v) is 6.16. The smallest absolute Gasteiger partial charge is 0.351 e. The van der Waals surface area contributed by atoms with Crippen molar-refractivity contribution in [2.75, 3.05) is 0 Å². The number of hydrogen-bond acceptors (Lipinski definition) is 5. The van der Waals surface area contributed by atoms with E-state index in [4.69, 9.17) is 10.00 Å². The quantitative estimate of drug-likeness (QED) is 0.759. The molecule has 92 valence electrons. The number of thiazole rings is 1. The number of ether oxygens (including phenoxy) is 1. The molecule has 0 N–H and O–H groups in total. The van der Waals surface area contributed by atoms with Crippen LogP contribution in [0.5, 0.6) is 0 Å². The molecule has 1 aromatic heterocycles. The second kappa shape index (κ2) is 4.84. The molecule has 0 aliphatic rings. The zero-order valence-corrected chi connectivity index (χ0v) is 11.5. The summed E-state index contributed by atoms with van der Waals surface area (Å²) in [6, 6.07) is 1.86. The summed E-state index contributed by atoms with van der Waals surface area (Å²) in [6.45, 7) is 9.44. The van der Waals surface area contributed by atoms with Crippen molar-refractivity contribution in [2.24, 2.45) is 0 Å². The number of aryl methyl sites for hydroxylation is 1. The first kappa shape index (κ1) is 13.7. The summed E-state index contributed by atoms with van der Waals surface area (Å²) in [5.41, 5.74) is 0.574. The van der Waals surface area contributed by atoms with Crippen molar-refractivity contribution in [3.8, 4) is 6.07 Å². The number of aromatic nitrogens is 1. The van der Waals surface area contributed by atoms with E-state index in [1.165, 1.54) is 11.3 Å². The molecular formula is C12H16N2O2S. The van der Waals surface area contributed by atoms with Gasteiger partial charge in [0.25, 0.3) is 0 Å². The molecule has 0 saturated heterocycles. The molecule has 4 nitrogen and oxygen atoms in total. The van der Waals surface area contributed by atoms with Gasteiger partial charge < -0.3 is 4.74 Å². The maximum absolute atomic E-state index is 11.8. The van der Waals surface area contributed by atoms with Gasteiger partial charge in [0.05, 0.1) is 10.7 Å². The van der Waals surface area contributed by atoms with E-state index >= 15 is 0 Å². The fourth-order valence-corrected chi connectivity index (χ4v) is 2.15. The first-order chi connectivity index (χ1) is 7.75. The lowest BCUT2D eigenvalue weighted by Gasteiger charge is -2.13.